The van der Waals surface area contributed by atoms with Crippen LogP contribution < -0.4 is 5.32 Å². The minimum atomic E-state index is -1.04. The number of carboxylic acid groups (broad SMARTS) is 1. The standard InChI is InChI=1S/C23H19NO5/c25-15-10-9-14(11-22(26)27)21(12-15)24-23(28)29-13-20-18-7-3-1-5-16(18)17-6-2-4-8-19(17)20/h1-10,12,20,25H,11,13H2,(H,24,28)(H,26,27). The lowest BCUT2D eigenvalue weighted by atomic mass is 9.98. The molecule has 0 saturated heterocycles. The molecule has 0 atom stereocenters. The number of hydrogen-bond donors (Lipinski definition) is 3. The molecule has 0 heterocycles. The van der Waals surface area contributed by atoms with Gasteiger partial charge in [0.1, 0.15) is 12.4 Å². The van der Waals surface area contributed by atoms with E-state index in [0.717, 1.165) is 22.3 Å². The van der Waals surface area contributed by atoms with Gasteiger partial charge < -0.3 is 14.9 Å². The monoisotopic (exact) mass is 389 g/mol. The van der Waals surface area contributed by atoms with Crippen molar-refractivity contribution in [1.29, 1.82) is 0 Å². The lowest BCUT2D eigenvalue weighted by Crippen LogP contribution is -2.19. The Morgan fingerprint density at radius 1 is 0.931 bits per heavy atom. The Kier molecular flexibility index (Phi) is 4.91. The van der Waals surface area contributed by atoms with Gasteiger partial charge in [0.15, 0.2) is 0 Å². The summed E-state index contributed by atoms with van der Waals surface area (Å²) in [6.45, 7) is 0.146. The molecule has 4 rings (SSSR count). The molecule has 1 amide bonds. The largest absolute Gasteiger partial charge is 0.508 e. The number of aliphatic carboxylic acids is 1. The predicted molar refractivity (Wildman–Crippen MR) is 108 cm³/mol. The van der Waals surface area contributed by atoms with Crippen molar-refractivity contribution in [3.05, 3.63) is 83.4 Å². The van der Waals surface area contributed by atoms with Gasteiger partial charge >= 0.3 is 12.1 Å². The van der Waals surface area contributed by atoms with Crippen molar-refractivity contribution in [2.75, 3.05) is 11.9 Å². The Labute approximate surface area is 167 Å². The zero-order valence-corrected chi connectivity index (χ0v) is 15.5. The Balaban J connectivity index is 1.50. The third-order valence-electron chi connectivity index (χ3n) is 5.02. The van der Waals surface area contributed by atoms with Crippen molar-refractivity contribution in [1.82, 2.24) is 0 Å². The van der Waals surface area contributed by atoms with Gasteiger partial charge in [-0.1, -0.05) is 54.6 Å². The van der Waals surface area contributed by atoms with Crippen molar-refractivity contribution in [3.63, 3.8) is 0 Å². The zero-order valence-electron chi connectivity index (χ0n) is 15.5. The molecule has 1 aliphatic carbocycles. The van der Waals surface area contributed by atoms with Crippen molar-refractivity contribution in [2.45, 2.75) is 12.3 Å². The van der Waals surface area contributed by atoms with Crippen molar-refractivity contribution >= 4 is 17.7 Å². The minimum absolute atomic E-state index is 0.0733. The molecule has 6 nitrogen and oxygen atoms in total. The zero-order chi connectivity index (χ0) is 20.4. The van der Waals surface area contributed by atoms with Gasteiger partial charge in [-0.25, -0.2) is 4.79 Å². The summed E-state index contributed by atoms with van der Waals surface area (Å²) in [6.07, 6.45) is -0.983. The topological polar surface area (TPSA) is 95.9 Å². The first-order valence-corrected chi connectivity index (χ1v) is 9.18. The van der Waals surface area contributed by atoms with Crippen molar-refractivity contribution in [2.24, 2.45) is 0 Å². The first-order chi connectivity index (χ1) is 14.0. The summed E-state index contributed by atoms with van der Waals surface area (Å²) in [5.41, 5.74) is 5.06. The van der Waals surface area contributed by atoms with E-state index in [1.807, 2.05) is 36.4 Å². The average molecular weight is 389 g/mol. The highest BCUT2D eigenvalue weighted by Gasteiger charge is 2.29. The van der Waals surface area contributed by atoms with Gasteiger partial charge in [-0.05, 0) is 33.9 Å². The second kappa shape index (κ2) is 7.67. The first-order valence-electron chi connectivity index (χ1n) is 9.18. The highest BCUT2D eigenvalue weighted by Crippen LogP contribution is 2.44. The molecule has 0 aromatic heterocycles. The minimum Gasteiger partial charge on any atom is -0.508 e. The van der Waals surface area contributed by atoms with Crippen LogP contribution in [0.5, 0.6) is 5.75 Å². The molecule has 0 saturated carbocycles. The smallest absolute Gasteiger partial charge is 0.411 e. The van der Waals surface area contributed by atoms with Crippen LogP contribution in [0.4, 0.5) is 10.5 Å². The maximum absolute atomic E-state index is 12.4. The van der Waals surface area contributed by atoms with Gasteiger partial charge in [-0.15, -0.1) is 0 Å². The summed E-state index contributed by atoms with van der Waals surface area (Å²) in [6, 6.07) is 20.2. The molecule has 0 aliphatic heterocycles. The second-order valence-electron chi connectivity index (χ2n) is 6.86. The van der Waals surface area contributed by atoms with E-state index in [-0.39, 0.29) is 30.4 Å². The quantitative estimate of drug-likeness (QED) is 0.602. The van der Waals surface area contributed by atoms with Crippen molar-refractivity contribution in [3.8, 4) is 16.9 Å². The van der Waals surface area contributed by atoms with Gasteiger partial charge in [0, 0.05) is 12.0 Å². The number of anilines is 1. The van der Waals surface area contributed by atoms with Crippen LogP contribution in [0.3, 0.4) is 0 Å². The molecular weight excluding hydrogens is 370 g/mol. The fourth-order valence-corrected chi connectivity index (χ4v) is 3.74. The van der Waals surface area contributed by atoms with E-state index < -0.39 is 12.1 Å². The maximum Gasteiger partial charge on any atom is 0.411 e. The highest BCUT2D eigenvalue weighted by molar-refractivity contribution is 5.87. The number of carboxylic acids is 1. The molecule has 29 heavy (non-hydrogen) atoms. The van der Waals surface area contributed by atoms with E-state index in [0.29, 0.717) is 5.56 Å². The molecule has 0 fully saturated rings. The second-order valence-corrected chi connectivity index (χ2v) is 6.86. The number of rotatable bonds is 5. The molecule has 3 aromatic rings. The Morgan fingerprint density at radius 3 is 2.17 bits per heavy atom. The first kappa shape index (κ1) is 18.6. The molecule has 0 unspecified atom stereocenters. The SMILES string of the molecule is O=C(O)Cc1ccc(O)cc1NC(=O)OCC1c2ccccc2-c2ccccc21. The van der Waals surface area contributed by atoms with Gasteiger partial charge in [-0.3, -0.25) is 10.1 Å². The molecule has 0 spiro atoms. The van der Waals surface area contributed by atoms with E-state index in [2.05, 4.69) is 17.4 Å². The van der Waals surface area contributed by atoms with Gasteiger partial charge in [0.05, 0.1) is 12.1 Å². The normalized spacial score (nSPS) is 12.1. The molecule has 3 aromatic carbocycles. The number of carbonyl (C=O) groups is 2. The number of ether oxygens (including phenoxy) is 1. The summed E-state index contributed by atoms with van der Waals surface area (Å²) >= 11 is 0. The molecular formula is C23H19NO5. The van der Waals surface area contributed by atoms with E-state index in [9.17, 15) is 14.7 Å². The Bertz CT molecular complexity index is 1050. The van der Waals surface area contributed by atoms with Gasteiger partial charge in [0.2, 0.25) is 0 Å². The number of aromatic hydroxyl groups is 1. The van der Waals surface area contributed by atoms with Crippen LogP contribution in [0.25, 0.3) is 11.1 Å². The van der Waals surface area contributed by atoms with Crippen LogP contribution in [0.1, 0.15) is 22.6 Å². The van der Waals surface area contributed by atoms with E-state index in [1.165, 1.54) is 18.2 Å². The molecule has 0 radical (unpaired) electrons. The van der Waals surface area contributed by atoms with Crippen LogP contribution in [-0.4, -0.2) is 28.9 Å². The predicted octanol–water partition coefficient (Wildman–Crippen LogP) is 4.38. The summed E-state index contributed by atoms with van der Waals surface area (Å²) in [7, 11) is 0. The summed E-state index contributed by atoms with van der Waals surface area (Å²) < 4.78 is 5.46. The molecule has 6 heteroatoms. The number of benzene rings is 3. The van der Waals surface area contributed by atoms with Crippen LogP contribution >= 0.6 is 0 Å². The number of fused-ring (bicyclic) bond motifs is 3. The fraction of sp³-hybridized carbons (Fsp3) is 0.130. The number of nitrogens with one attached hydrogen (secondary N) is 1. The summed E-state index contributed by atoms with van der Waals surface area (Å²) in [5, 5.41) is 21.2. The lowest BCUT2D eigenvalue weighted by molar-refractivity contribution is -0.136. The maximum atomic E-state index is 12.4. The summed E-state index contributed by atoms with van der Waals surface area (Å²) in [4.78, 5) is 23.4. The average Bonchev–Trinajstić information content (AvgIpc) is 3.02. The van der Waals surface area contributed by atoms with Crippen LogP contribution in [0, 0.1) is 0 Å². The summed E-state index contributed by atoms with van der Waals surface area (Å²) in [5.74, 6) is -1.19. The fourth-order valence-electron chi connectivity index (χ4n) is 3.74. The van der Waals surface area contributed by atoms with E-state index in [4.69, 9.17) is 9.84 Å². The van der Waals surface area contributed by atoms with Gasteiger partial charge in [-0.2, -0.15) is 0 Å². The molecule has 146 valence electrons. The van der Waals surface area contributed by atoms with Crippen LogP contribution in [0.2, 0.25) is 0 Å². The van der Waals surface area contributed by atoms with Gasteiger partial charge in [0.25, 0.3) is 0 Å². The van der Waals surface area contributed by atoms with Crippen LogP contribution in [-0.2, 0) is 16.0 Å². The molecule has 0 bridgehead atoms. The third kappa shape index (κ3) is 3.78. The number of amides is 1. The number of hydrogen-bond acceptors (Lipinski definition) is 4. The Hall–Kier alpha value is -3.80. The third-order valence-corrected chi connectivity index (χ3v) is 5.02. The van der Waals surface area contributed by atoms with E-state index in [1.54, 1.807) is 0 Å². The molecule has 3 N–H and O–H groups in total. The lowest BCUT2D eigenvalue weighted by Gasteiger charge is -2.15. The number of phenolic OH excluding ortho intramolecular Hbond substituents is 1. The number of carbonyl (C=O) groups excluding carboxylic acids is 1. The highest BCUT2D eigenvalue weighted by atomic mass is 16.5. The van der Waals surface area contributed by atoms with Crippen LogP contribution in [0.15, 0.2) is 66.7 Å². The van der Waals surface area contributed by atoms with E-state index >= 15 is 0 Å². The Morgan fingerprint density at radius 2 is 1.55 bits per heavy atom. The molecule has 1 aliphatic rings. The number of phenols is 1. The van der Waals surface area contributed by atoms with Crippen molar-refractivity contribution < 1.29 is 24.5 Å².